The quantitative estimate of drug-likeness (QED) is 0.0786. The first kappa shape index (κ1) is 70.1. The van der Waals surface area contributed by atoms with E-state index in [-0.39, 0.29) is 32.7 Å². The first-order valence-electron chi connectivity index (χ1n) is 19.7. The van der Waals surface area contributed by atoms with Gasteiger partial charge in [0.05, 0.1) is 11.5 Å². The minimum Gasteiger partial charge on any atom is -0.430 e. The van der Waals surface area contributed by atoms with E-state index in [0.717, 1.165) is 0 Å². The number of halogens is 5. The van der Waals surface area contributed by atoms with Crippen molar-refractivity contribution in [3.05, 3.63) is 0 Å². The van der Waals surface area contributed by atoms with E-state index in [0.29, 0.717) is 6.42 Å². The van der Waals surface area contributed by atoms with Gasteiger partial charge < -0.3 is 66.3 Å². The molecule has 78 heavy (non-hydrogen) atoms. The van der Waals surface area contributed by atoms with Crippen LogP contribution in [0.4, 0.5) is 53.0 Å². The van der Waals surface area contributed by atoms with Crippen LogP contribution in [0.3, 0.4) is 0 Å². The van der Waals surface area contributed by atoms with E-state index >= 15 is 0 Å². The van der Waals surface area contributed by atoms with Crippen LogP contribution in [0, 0.1) is 0 Å². The summed E-state index contributed by atoms with van der Waals surface area (Å²) in [4.78, 5) is 71.5. The molecule has 0 aromatic carbocycles. The SMILES string of the molecule is CC1OC(=O)OC1S(=O)(=O)F.CC1OC(=O)OC1S(=O)(=O)O.O=C1OCC(CCCS(=O)(=O)F)O1.O=C1OCC(CCS(=O)(=O)F)O1.O=C1OCC(CS(=O)(=O)F)O1.O=C1OCC(S(=O)(=O)F)O1.O=C1OCC(S(=O)(=O)O)O1. The first-order chi connectivity index (χ1) is 35.2. The molecular formula is C29H39F5O37S7. The van der Waals surface area contributed by atoms with Gasteiger partial charge in [0.25, 0.3) is 21.7 Å². The molecule has 0 spiro atoms. The van der Waals surface area contributed by atoms with Gasteiger partial charge >= 0.3 is 114 Å². The molecule has 2 N–H and O–H groups in total. The summed E-state index contributed by atoms with van der Waals surface area (Å²) in [6.07, 6.45) is -10.8. The number of carbonyl (C=O) groups excluding carboxylic acids is 7. The van der Waals surface area contributed by atoms with E-state index in [1.165, 1.54) is 13.8 Å². The van der Waals surface area contributed by atoms with Gasteiger partial charge in [-0.1, -0.05) is 0 Å². The molecule has 0 radical (unpaired) electrons. The molecule has 0 saturated carbocycles. The Morgan fingerprint density at radius 2 is 0.744 bits per heavy atom. The minimum absolute atomic E-state index is 0.00560. The normalized spacial score (nSPS) is 26.2. The number of carbonyl (C=O) groups is 7. The summed E-state index contributed by atoms with van der Waals surface area (Å²) in [7, 11) is -31.8. The van der Waals surface area contributed by atoms with Crippen molar-refractivity contribution < 1.29 is 187 Å². The van der Waals surface area contributed by atoms with Gasteiger partial charge in [-0.3, -0.25) is 9.11 Å². The number of cyclic esters (lactones) is 14. The summed E-state index contributed by atoms with van der Waals surface area (Å²) in [5.41, 5.74) is -6.73. The van der Waals surface area contributed by atoms with Crippen LogP contribution in [0.25, 0.3) is 0 Å². The molecule has 49 heteroatoms. The Morgan fingerprint density at radius 3 is 0.974 bits per heavy atom. The maximum absolute atomic E-state index is 12.1. The molecule has 7 rings (SSSR count). The molecule has 0 bridgehead atoms. The topological polar surface area (TPSA) is 528 Å². The zero-order valence-corrected chi connectivity index (χ0v) is 44.1. The van der Waals surface area contributed by atoms with Crippen molar-refractivity contribution in [3.8, 4) is 0 Å². The number of ether oxygens (including phenoxy) is 14. The minimum atomic E-state index is -4.85. The van der Waals surface area contributed by atoms with E-state index in [4.69, 9.17) is 9.11 Å². The summed E-state index contributed by atoms with van der Waals surface area (Å²) >= 11 is 0. The van der Waals surface area contributed by atoms with E-state index in [9.17, 15) is 112 Å². The lowest BCUT2D eigenvalue weighted by molar-refractivity contribution is 0.115. The van der Waals surface area contributed by atoms with Crippen LogP contribution in [0.2, 0.25) is 0 Å². The lowest BCUT2D eigenvalue weighted by atomic mass is 10.2. The summed E-state index contributed by atoms with van der Waals surface area (Å²) in [6, 6.07) is 0. The van der Waals surface area contributed by atoms with Gasteiger partial charge in [0.1, 0.15) is 51.0 Å². The van der Waals surface area contributed by atoms with Gasteiger partial charge in [-0.25, -0.2) is 33.6 Å². The smallest absolute Gasteiger partial charge is 0.430 e. The molecular weight excluding hydrogens is 1260 g/mol. The highest BCUT2D eigenvalue weighted by Crippen LogP contribution is 2.22. The molecule has 7 aliphatic heterocycles. The van der Waals surface area contributed by atoms with Gasteiger partial charge in [0.2, 0.25) is 0 Å². The number of rotatable bonds is 13. The van der Waals surface area contributed by atoms with Crippen molar-refractivity contribution in [2.75, 3.05) is 50.3 Å². The lowest BCUT2D eigenvalue weighted by Gasteiger charge is -2.05. The Morgan fingerprint density at radius 1 is 0.385 bits per heavy atom. The maximum atomic E-state index is 12.1. The van der Waals surface area contributed by atoms with Crippen LogP contribution in [-0.2, 0) is 138 Å². The highest BCUT2D eigenvalue weighted by atomic mass is 32.3. The third-order valence-corrected chi connectivity index (χ3v) is 14.2. The maximum Gasteiger partial charge on any atom is 0.510 e. The molecule has 0 aromatic heterocycles. The number of hydrogen-bond donors (Lipinski definition) is 2. The molecule has 0 amide bonds. The van der Waals surface area contributed by atoms with Gasteiger partial charge in [0.15, 0.2) is 18.3 Å². The van der Waals surface area contributed by atoms with Crippen LogP contribution in [0.15, 0.2) is 0 Å². The average molecular weight is 1300 g/mol. The van der Waals surface area contributed by atoms with Gasteiger partial charge in [-0.05, 0) is 26.7 Å². The fourth-order valence-electron chi connectivity index (χ4n) is 4.79. The standard InChI is InChI=1S/C6H9FO5S.C5H7FO5S.2C4H5FO5S.C4H6O6S.C3H3FO5S.C3H4O6S/c7-13(9,10)3-1-2-5-4-11-6(8)12-5;6-12(8,9)2-1-4-3-10-5(7)11-4;5-11(7,8)2-3-1-9-4(6)10-3;1-2-3(11(5,7)8)10-4(6)9-2;1-2-3(11(6,7)8)10-4(5)9-2;4-10(6,7)2-1-8-3(5)9-2;4-3-8-1-2(9-3)10(5,6)7/h5H,1-4H2;4H,1-3H2;3H,1-2H2;2-3H,1H3;2-3H,1H3,(H,6,7,8);2H,1H2;2H,1H2,(H,5,6,7). The molecule has 9 unspecified atom stereocenters. The van der Waals surface area contributed by atoms with Crippen molar-refractivity contribution in [1.82, 2.24) is 0 Å². The van der Waals surface area contributed by atoms with E-state index in [1.807, 2.05) is 0 Å². The molecule has 0 aliphatic carbocycles. The fourth-order valence-corrected chi connectivity index (χ4v) is 8.76. The second kappa shape index (κ2) is 29.4. The van der Waals surface area contributed by atoms with E-state index in [1.54, 1.807) is 0 Å². The van der Waals surface area contributed by atoms with Crippen LogP contribution in [-0.4, -0.2) is 214 Å². The van der Waals surface area contributed by atoms with Crippen LogP contribution >= 0.6 is 0 Å². The Hall–Kier alpha value is -5.89. The van der Waals surface area contributed by atoms with Gasteiger partial charge in [-0.15, -0.1) is 19.4 Å². The summed E-state index contributed by atoms with van der Waals surface area (Å²) in [6.45, 7) is 1.42. The predicted octanol–water partition coefficient (Wildman–Crippen LogP) is -0.298. The lowest BCUT2D eigenvalue weighted by Crippen LogP contribution is -2.28. The Bertz CT molecular complexity index is 2840. The molecule has 9 atom stereocenters. The zero-order valence-electron chi connectivity index (χ0n) is 38.4. The Kier molecular flexibility index (Phi) is 26.4. The van der Waals surface area contributed by atoms with Crippen LogP contribution < -0.4 is 0 Å². The zero-order chi connectivity index (χ0) is 60.4. The second-order valence-electron chi connectivity index (χ2n) is 14.3. The highest BCUT2D eigenvalue weighted by Gasteiger charge is 2.44. The Balaban J connectivity index is 0.000000456. The van der Waals surface area contributed by atoms with E-state index < -0.39 is 197 Å². The van der Waals surface area contributed by atoms with Crippen molar-refractivity contribution >= 4 is 114 Å². The summed E-state index contributed by atoms with van der Waals surface area (Å²) < 4.78 is 277. The largest absolute Gasteiger partial charge is 0.510 e. The summed E-state index contributed by atoms with van der Waals surface area (Å²) in [5, 5.41) is 0. The van der Waals surface area contributed by atoms with Crippen LogP contribution in [0.5, 0.6) is 0 Å². The average Bonchev–Trinajstić information content (AvgIpc) is 4.12. The molecule has 7 heterocycles. The molecule has 0 aromatic rings. The van der Waals surface area contributed by atoms with Crippen molar-refractivity contribution in [1.29, 1.82) is 0 Å². The van der Waals surface area contributed by atoms with Gasteiger partial charge in [-0.2, -0.15) is 58.9 Å². The van der Waals surface area contributed by atoms with Crippen LogP contribution in [0.1, 0.15) is 33.1 Å². The van der Waals surface area contributed by atoms with Crippen molar-refractivity contribution in [3.63, 3.8) is 0 Å². The summed E-state index contributed by atoms with van der Waals surface area (Å²) in [5.74, 6) is -2.02. The van der Waals surface area contributed by atoms with E-state index in [2.05, 4.69) is 66.3 Å². The Labute approximate surface area is 435 Å². The molecule has 7 saturated heterocycles. The fraction of sp³-hybridized carbons (Fsp3) is 0.759. The molecule has 37 nitrogen and oxygen atoms in total. The molecule has 454 valence electrons. The monoisotopic (exact) mass is 1300 g/mol. The molecule has 7 fully saturated rings. The third kappa shape index (κ3) is 30.3. The van der Waals surface area contributed by atoms with Gasteiger partial charge in [0, 0.05) is 6.42 Å². The first-order valence-corrected chi connectivity index (χ1v) is 30.3. The third-order valence-electron chi connectivity index (χ3n) is 8.04. The molecule has 7 aliphatic rings. The second-order valence-corrected chi connectivity index (χ2v) is 24.7. The van der Waals surface area contributed by atoms with Crippen molar-refractivity contribution in [2.45, 2.75) is 85.4 Å². The van der Waals surface area contributed by atoms with Crippen molar-refractivity contribution in [2.24, 2.45) is 0 Å². The predicted molar refractivity (Wildman–Crippen MR) is 224 cm³/mol. The number of hydrogen-bond acceptors (Lipinski definition) is 35. The highest BCUT2D eigenvalue weighted by molar-refractivity contribution is 7.88.